The number of nitrogens with zero attached hydrogens (tertiary/aromatic N) is 4. The highest BCUT2D eigenvalue weighted by Gasteiger charge is 2.18. The lowest BCUT2D eigenvalue weighted by Crippen LogP contribution is -2.44. The van der Waals surface area contributed by atoms with E-state index in [1.165, 1.54) is 0 Å². The fourth-order valence-electron chi connectivity index (χ4n) is 4.35. The fourth-order valence-corrected chi connectivity index (χ4v) is 4.35. The Morgan fingerprint density at radius 1 is 0.655 bits per heavy atom. The molecule has 0 N–H and O–H groups in total. The van der Waals surface area contributed by atoms with Gasteiger partial charge in [0, 0.05) is 75.9 Å². The number of hydrogen-bond acceptors (Lipinski definition) is 6. The van der Waals surface area contributed by atoms with Crippen LogP contribution >= 0.6 is 0 Å². The van der Waals surface area contributed by atoms with Crippen LogP contribution in [0.25, 0.3) is 21.9 Å². The van der Waals surface area contributed by atoms with Gasteiger partial charge in [-0.15, -0.1) is 0 Å². The molecule has 152 valence electrons. The van der Waals surface area contributed by atoms with Gasteiger partial charge < -0.3 is 24.0 Å². The first kappa shape index (κ1) is 18.5. The third-order valence-electron chi connectivity index (χ3n) is 6.38. The standard InChI is InChI=1S/C23H28N4O2/c1-24-7-11-26(12-8-24)17-3-5-19-21(15-17)29-22-16-18(4-6-20(22)23(19)28)27-13-9-25(2)10-14-27/h3-6,15-16H,7-14H2,1-2H3. The zero-order chi connectivity index (χ0) is 20.0. The number of rotatable bonds is 2. The summed E-state index contributed by atoms with van der Waals surface area (Å²) in [6, 6.07) is 12.0. The molecule has 29 heavy (non-hydrogen) atoms. The summed E-state index contributed by atoms with van der Waals surface area (Å²) in [6.45, 7) is 8.17. The lowest BCUT2D eigenvalue weighted by atomic mass is 10.1. The predicted molar refractivity (Wildman–Crippen MR) is 119 cm³/mol. The van der Waals surface area contributed by atoms with Gasteiger partial charge in [-0.1, -0.05) is 0 Å². The molecule has 5 rings (SSSR count). The molecule has 2 fully saturated rings. The van der Waals surface area contributed by atoms with Crippen molar-refractivity contribution in [3.05, 3.63) is 46.6 Å². The van der Waals surface area contributed by atoms with E-state index in [9.17, 15) is 4.79 Å². The second-order valence-corrected chi connectivity index (χ2v) is 8.37. The molecule has 3 heterocycles. The topological polar surface area (TPSA) is 43.2 Å². The first-order valence-corrected chi connectivity index (χ1v) is 10.5. The maximum absolute atomic E-state index is 13.0. The minimum absolute atomic E-state index is 0.0519. The molecule has 0 radical (unpaired) electrons. The summed E-state index contributed by atoms with van der Waals surface area (Å²) in [4.78, 5) is 22.5. The molecule has 0 amide bonds. The van der Waals surface area contributed by atoms with Crippen LogP contribution in [0.3, 0.4) is 0 Å². The van der Waals surface area contributed by atoms with Crippen LogP contribution < -0.4 is 15.2 Å². The number of fused-ring (bicyclic) bond motifs is 2. The molecule has 2 saturated heterocycles. The smallest absolute Gasteiger partial charge is 0.200 e. The molecule has 3 aromatic rings. The van der Waals surface area contributed by atoms with E-state index in [4.69, 9.17) is 4.42 Å². The Balaban J connectivity index is 1.53. The maximum Gasteiger partial charge on any atom is 0.200 e. The molecule has 6 heteroatoms. The predicted octanol–water partition coefficient (Wildman–Crippen LogP) is 2.45. The molecule has 2 aliphatic rings. The Morgan fingerprint density at radius 3 is 1.48 bits per heavy atom. The van der Waals surface area contributed by atoms with Gasteiger partial charge in [0.25, 0.3) is 0 Å². The van der Waals surface area contributed by atoms with Crippen molar-refractivity contribution in [1.82, 2.24) is 9.80 Å². The monoisotopic (exact) mass is 392 g/mol. The summed E-state index contributed by atoms with van der Waals surface area (Å²) in [5.41, 5.74) is 3.66. The van der Waals surface area contributed by atoms with Crippen LogP contribution in [-0.4, -0.2) is 76.3 Å². The van der Waals surface area contributed by atoms with Gasteiger partial charge >= 0.3 is 0 Å². The van der Waals surface area contributed by atoms with Gasteiger partial charge in [0.1, 0.15) is 11.2 Å². The first-order valence-electron chi connectivity index (χ1n) is 10.5. The van der Waals surface area contributed by atoms with E-state index < -0.39 is 0 Å². The molecule has 2 aliphatic heterocycles. The van der Waals surface area contributed by atoms with Crippen LogP contribution in [-0.2, 0) is 0 Å². The summed E-state index contributed by atoms with van der Waals surface area (Å²) in [5.74, 6) is 0. The molecule has 0 bridgehead atoms. The van der Waals surface area contributed by atoms with Crippen molar-refractivity contribution >= 4 is 33.3 Å². The number of piperazine rings is 2. The summed E-state index contributed by atoms with van der Waals surface area (Å²) in [6.07, 6.45) is 0. The van der Waals surface area contributed by atoms with Crippen LogP contribution in [0.1, 0.15) is 0 Å². The number of hydrogen-bond donors (Lipinski definition) is 0. The van der Waals surface area contributed by atoms with Gasteiger partial charge in [-0.25, -0.2) is 0 Å². The molecular formula is C23H28N4O2. The van der Waals surface area contributed by atoms with Gasteiger partial charge in [0.05, 0.1) is 10.8 Å². The Hall–Kier alpha value is -2.57. The van der Waals surface area contributed by atoms with E-state index in [-0.39, 0.29) is 5.43 Å². The second kappa shape index (κ2) is 7.35. The van der Waals surface area contributed by atoms with Crippen molar-refractivity contribution in [2.24, 2.45) is 0 Å². The summed E-state index contributed by atoms with van der Waals surface area (Å²) in [7, 11) is 4.31. The maximum atomic E-state index is 13.0. The van der Waals surface area contributed by atoms with E-state index in [1.807, 2.05) is 24.3 Å². The van der Waals surface area contributed by atoms with Crippen LogP contribution in [0.4, 0.5) is 11.4 Å². The van der Waals surface area contributed by atoms with Crippen LogP contribution in [0.15, 0.2) is 45.6 Å². The zero-order valence-corrected chi connectivity index (χ0v) is 17.2. The molecule has 1 aromatic heterocycles. The average Bonchev–Trinajstić information content (AvgIpc) is 2.74. The highest BCUT2D eigenvalue weighted by atomic mass is 16.3. The lowest BCUT2D eigenvalue weighted by Gasteiger charge is -2.34. The first-order chi connectivity index (χ1) is 14.1. The summed E-state index contributed by atoms with van der Waals surface area (Å²) in [5, 5.41) is 1.31. The van der Waals surface area contributed by atoms with E-state index in [2.05, 4.69) is 45.8 Å². The van der Waals surface area contributed by atoms with Crippen molar-refractivity contribution in [3.8, 4) is 0 Å². The summed E-state index contributed by atoms with van der Waals surface area (Å²) < 4.78 is 6.26. The Kier molecular flexibility index (Phi) is 4.68. The highest BCUT2D eigenvalue weighted by molar-refractivity contribution is 5.92. The van der Waals surface area contributed by atoms with Gasteiger partial charge in [-0.2, -0.15) is 0 Å². The van der Waals surface area contributed by atoms with E-state index in [0.717, 1.165) is 63.7 Å². The van der Waals surface area contributed by atoms with Crippen LogP contribution in [0, 0.1) is 0 Å². The van der Waals surface area contributed by atoms with Gasteiger partial charge in [0.2, 0.25) is 5.43 Å². The van der Waals surface area contributed by atoms with Crippen molar-refractivity contribution in [3.63, 3.8) is 0 Å². The molecule has 0 atom stereocenters. The Bertz CT molecular complexity index is 1010. The van der Waals surface area contributed by atoms with Crippen LogP contribution in [0.5, 0.6) is 0 Å². The van der Waals surface area contributed by atoms with Crippen molar-refractivity contribution in [2.75, 3.05) is 76.3 Å². The molecule has 0 unspecified atom stereocenters. The van der Waals surface area contributed by atoms with Gasteiger partial charge in [0.15, 0.2) is 0 Å². The average molecular weight is 393 g/mol. The summed E-state index contributed by atoms with van der Waals surface area (Å²) >= 11 is 0. The van der Waals surface area contributed by atoms with Crippen LogP contribution in [0.2, 0.25) is 0 Å². The van der Waals surface area contributed by atoms with Crippen molar-refractivity contribution in [1.29, 1.82) is 0 Å². The zero-order valence-electron chi connectivity index (χ0n) is 17.2. The molecule has 0 spiro atoms. The number of anilines is 2. The number of benzene rings is 2. The van der Waals surface area contributed by atoms with Crippen molar-refractivity contribution in [2.45, 2.75) is 0 Å². The van der Waals surface area contributed by atoms with Gasteiger partial charge in [-0.05, 0) is 38.4 Å². The quantitative estimate of drug-likeness (QED) is 0.624. The fraction of sp³-hybridized carbons (Fsp3) is 0.435. The van der Waals surface area contributed by atoms with E-state index >= 15 is 0 Å². The Labute approximate surface area is 170 Å². The molecule has 2 aromatic carbocycles. The normalized spacial score (nSPS) is 19.4. The SMILES string of the molecule is CN1CCN(c2ccc3c(=O)c4ccc(N5CCN(C)CC5)cc4oc3c2)CC1. The minimum atomic E-state index is 0.0519. The van der Waals surface area contributed by atoms with Crippen molar-refractivity contribution < 1.29 is 4.42 Å². The third-order valence-corrected chi connectivity index (χ3v) is 6.38. The molecule has 0 aliphatic carbocycles. The third kappa shape index (κ3) is 3.47. The Morgan fingerprint density at radius 2 is 1.07 bits per heavy atom. The van der Waals surface area contributed by atoms with Gasteiger partial charge in [-0.3, -0.25) is 4.79 Å². The molecule has 6 nitrogen and oxygen atoms in total. The largest absolute Gasteiger partial charge is 0.456 e. The highest BCUT2D eigenvalue weighted by Crippen LogP contribution is 2.27. The number of likely N-dealkylation sites (N-methyl/N-ethyl adjacent to an activating group) is 2. The van der Waals surface area contributed by atoms with E-state index in [1.54, 1.807) is 0 Å². The molecule has 0 saturated carbocycles. The lowest BCUT2D eigenvalue weighted by molar-refractivity contribution is 0.313. The second-order valence-electron chi connectivity index (χ2n) is 8.37. The molecular weight excluding hydrogens is 364 g/mol. The van der Waals surface area contributed by atoms with E-state index in [0.29, 0.717) is 21.9 Å². The minimum Gasteiger partial charge on any atom is -0.456 e.